The summed E-state index contributed by atoms with van der Waals surface area (Å²) >= 11 is 0. The Morgan fingerprint density at radius 1 is 1.25 bits per heavy atom. The minimum Gasteiger partial charge on any atom is -0.329 e. The summed E-state index contributed by atoms with van der Waals surface area (Å²) < 4.78 is 25.6. The molecular formula is C10H23N3O2S. The first-order valence-electron chi connectivity index (χ1n) is 5.93. The number of hydrogen-bond donors (Lipinski definition) is 1. The molecule has 5 nitrogen and oxygen atoms in total. The lowest BCUT2D eigenvalue weighted by Crippen LogP contribution is -2.51. The Bertz CT molecular complexity index is 297. The molecule has 0 aromatic heterocycles. The molecule has 96 valence electrons. The van der Waals surface area contributed by atoms with Crippen LogP contribution in [0.4, 0.5) is 0 Å². The Morgan fingerprint density at radius 3 is 2.25 bits per heavy atom. The van der Waals surface area contributed by atoms with Crippen LogP contribution in [0, 0.1) is 0 Å². The Balaban J connectivity index is 2.53. The summed E-state index contributed by atoms with van der Waals surface area (Å²) in [6.45, 7) is 7.94. The fraction of sp³-hybridized carbons (Fsp3) is 1.00. The predicted octanol–water partition coefficient (Wildman–Crippen LogP) is -0.309. The van der Waals surface area contributed by atoms with Crippen molar-refractivity contribution in [2.45, 2.75) is 25.5 Å². The Labute approximate surface area is 98.6 Å². The fourth-order valence-corrected chi connectivity index (χ4v) is 3.32. The van der Waals surface area contributed by atoms with Crippen molar-refractivity contribution in [2.75, 3.05) is 39.3 Å². The van der Waals surface area contributed by atoms with Crippen LogP contribution in [0.2, 0.25) is 0 Å². The highest BCUT2D eigenvalue weighted by Crippen LogP contribution is 2.12. The lowest BCUT2D eigenvalue weighted by molar-refractivity contribution is 0.188. The van der Waals surface area contributed by atoms with Crippen molar-refractivity contribution < 1.29 is 8.42 Å². The molecule has 6 heteroatoms. The molecule has 1 unspecified atom stereocenters. The zero-order chi connectivity index (χ0) is 12.2. The molecule has 2 N–H and O–H groups in total. The van der Waals surface area contributed by atoms with E-state index in [4.69, 9.17) is 5.73 Å². The topological polar surface area (TPSA) is 66.6 Å². The molecule has 0 saturated carbocycles. The van der Waals surface area contributed by atoms with Gasteiger partial charge in [-0.2, -0.15) is 4.31 Å². The highest BCUT2D eigenvalue weighted by molar-refractivity contribution is 7.89. The van der Waals surface area contributed by atoms with Gasteiger partial charge >= 0.3 is 0 Å². The van der Waals surface area contributed by atoms with Gasteiger partial charge in [-0.3, -0.25) is 0 Å². The molecule has 1 atom stereocenters. The van der Waals surface area contributed by atoms with Crippen molar-refractivity contribution >= 4 is 10.0 Å². The van der Waals surface area contributed by atoms with Gasteiger partial charge < -0.3 is 10.6 Å². The molecule has 0 aromatic rings. The van der Waals surface area contributed by atoms with Crippen LogP contribution in [0.5, 0.6) is 0 Å². The second-order valence-corrected chi connectivity index (χ2v) is 6.68. The van der Waals surface area contributed by atoms with Crippen molar-refractivity contribution in [1.82, 2.24) is 9.21 Å². The SMILES string of the molecule is CCCN1CCN(S(=O)(=O)C(C)CN)CC1. The van der Waals surface area contributed by atoms with Crippen LogP contribution in [0.3, 0.4) is 0 Å². The first kappa shape index (κ1) is 13.9. The van der Waals surface area contributed by atoms with Gasteiger partial charge in [-0.1, -0.05) is 6.92 Å². The van der Waals surface area contributed by atoms with E-state index in [1.165, 1.54) is 0 Å². The average Bonchev–Trinajstić information content (AvgIpc) is 2.29. The maximum atomic E-state index is 12.0. The maximum Gasteiger partial charge on any atom is 0.218 e. The summed E-state index contributed by atoms with van der Waals surface area (Å²) in [5.41, 5.74) is 5.42. The lowest BCUT2D eigenvalue weighted by Gasteiger charge is -2.34. The minimum absolute atomic E-state index is 0.192. The number of rotatable bonds is 5. The second kappa shape index (κ2) is 5.95. The smallest absolute Gasteiger partial charge is 0.218 e. The van der Waals surface area contributed by atoms with E-state index in [-0.39, 0.29) is 6.54 Å². The van der Waals surface area contributed by atoms with Gasteiger partial charge in [-0.05, 0) is 19.9 Å². The van der Waals surface area contributed by atoms with Gasteiger partial charge in [0.05, 0.1) is 5.25 Å². The predicted molar refractivity (Wildman–Crippen MR) is 65.7 cm³/mol. The van der Waals surface area contributed by atoms with Crippen LogP contribution in [-0.4, -0.2) is 62.1 Å². The van der Waals surface area contributed by atoms with Gasteiger partial charge in [0.15, 0.2) is 0 Å². The molecular weight excluding hydrogens is 226 g/mol. The van der Waals surface area contributed by atoms with Crippen LogP contribution in [0.1, 0.15) is 20.3 Å². The Hall–Kier alpha value is -0.170. The number of nitrogens with zero attached hydrogens (tertiary/aromatic N) is 2. The van der Waals surface area contributed by atoms with E-state index in [0.29, 0.717) is 13.1 Å². The van der Waals surface area contributed by atoms with E-state index in [2.05, 4.69) is 11.8 Å². The highest BCUT2D eigenvalue weighted by atomic mass is 32.2. The molecule has 1 fully saturated rings. The monoisotopic (exact) mass is 249 g/mol. The van der Waals surface area contributed by atoms with Crippen LogP contribution >= 0.6 is 0 Å². The molecule has 16 heavy (non-hydrogen) atoms. The third-order valence-electron chi connectivity index (χ3n) is 3.07. The molecule has 0 aromatic carbocycles. The van der Waals surface area contributed by atoms with Crippen LogP contribution in [0.15, 0.2) is 0 Å². The summed E-state index contributed by atoms with van der Waals surface area (Å²) in [5.74, 6) is 0. The van der Waals surface area contributed by atoms with Gasteiger partial charge in [-0.25, -0.2) is 8.42 Å². The first-order valence-corrected chi connectivity index (χ1v) is 7.44. The van der Waals surface area contributed by atoms with E-state index in [1.807, 2.05) is 0 Å². The van der Waals surface area contributed by atoms with E-state index in [1.54, 1.807) is 11.2 Å². The summed E-state index contributed by atoms with van der Waals surface area (Å²) in [5, 5.41) is -0.467. The molecule has 1 rings (SSSR count). The standard InChI is InChI=1S/C10H23N3O2S/c1-3-4-12-5-7-13(8-6-12)16(14,15)10(2)9-11/h10H,3-9,11H2,1-2H3. The van der Waals surface area contributed by atoms with Crippen molar-refractivity contribution in [3.8, 4) is 0 Å². The molecule has 1 aliphatic heterocycles. The molecule has 1 saturated heterocycles. The van der Waals surface area contributed by atoms with Crippen molar-refractivity contribution in [2.24, 2.45) is 5.73 Å². The van der Waals surface area contributed by atoms with Gasteiger partial charge in [-0.15, -0.1) is 0 Å². The van der Waals surface area contributed by atoms with Gasteiger partial charge in [0.1, 0.15) is 0 Å². The van der Waals surface area contributed by atoms with E-state index < -0.39 is 15.3 Å². The number of piperazine rings is 1. The molecule has 0 amide bonds. The fourth-order valence-electron chi connectivity index (χ4n) is 1.90. The molecule has 1 aliphatic rings. The normalized spacial score (nSPS) is 22.2. The average molecular weight is 249 g/mol. The van der Waals surface area contributed by atoms with E-state index >= 15 is 0 Å². The molecule has 0 radical (unpaired) electrons. The van der Waals surface area contributed by atoms with Gasteiger partial charge in [0, 0.05) is 32.7 Å². The van der Waals surface area contributed by atoms with Crippen LogP contribution < -0.4 is 5.73 Å². The molecule has 0 bridgehead atoms. The van der Waals surface area contributed by atoms with Crippen LogP contribution in [0.25, 0.3) is 0 Å². The van der Waals surface area contributed by atoms with Gasteiger partial charge in [0.2, 0.25) is 10.0 Å². The lowest BCUT2D eigenvalue weighted by atomic mass is 10.3. The number of nitrogens with two attached hydrogens (primary N) is 1. The third kappa shape index (κ3) is 3.16. The second-order valence-electron chi connectivity index (χ2n) is 4.33. The van der Waals surface area contributed by atoms with Crippen molar-refractivity contribution in [3.05, 3.63) is 0 Å². The third-order valence-corrected chi connectivity index (χ3v) is 5.37. The van der Waals surface area contributed by atoms with E-state index in [0.717, 1.165) is 26.1 Å². The minimum atomic E-state index is -3.17. The Morgan fingerprint density at radius 2 is 1.81 bits per heavy atom. The summed E-state index contributed by atoms with van der Waals surface area (Å²) in [6.07, 6.45) is 1.12. The quantitative estimate of drug-likeness (QED) is 0.726. The largest absolute Gasteiger partial charge is 0.329 e. The van der Waals surface area contributed by atoms with Crippen molar-refractivity contribution in [3.63, 3.8) is 0 Å². The zero-order valence-electron chi connectivity index (χ0n) is 10.2. The summed E-state index contributed by atoms with van der Waals surface area (Å²) in [6, 6.07) is 0. The van der Waals surface area contributed by atoms with Crippen molar-refractivity contribution in [1.29, 1.82) is 0 Å². The number of sulfonamides is 1. The Kier molecular flexibility index (Phi) is 5.17. The molecule has 0 aliphatic carbocycles. The maximum absolute atomic E-state index is 12.0. The summed E-state index contributed by atoms with van der Waals surface area (Å²) in [7, 11) is -3.17. The first-order chi connectivity index (χ1) is 7.52. The highest BCUT2D eigenvalue weighted by Gasteiger charge is 2.30. The molecule has 1 heterocycles. The zero-order valence-corrected chi connectivity index (χ0v) is 11.0. The molecule has 0 spiro atoms. The van der Waals surface area contributed by atoms with Gasteiger partial charge in [0.25, 0.3) is 0 Å². The van der Waals surface area contributed by atoms with Crippen LogP contribution in [-0.2, 0) is 10.0 Å². The van der Waals surface area contributed by atoms with E-state index in [9.17, 15) is 8.42 Å². The number of hydrogen-bond acceptors (Lipinski definition) is 4. The summed E-state index contributed by atoms with van der Waals surface area (Å²) in [4.78, 5) is 2.30.